The van der Waals surface area contributed by atoms with Crippen LogP contribution in [0.1, 0.15) is 45.4 Å². The van der Waals surface area contributed by atoms with Crippen LogP contribution < -0.4 is 0 Å². The van der Waals surface area contributed by atoms with Crippen molar-refractivity contribution in [2.45, 2.75) is 66.3 Å². The van der Waals surface area contributed by atoms with Crippen LogP contribution in [0.3, 0.4) is 0 Å². The van der Waals surface area contributed by atoms with Crippen LogP contribution in [-0.2, 0) is 19.1 Å². The lowest BCUT2D eigenvalue weighted by Crippen LogP contribution is -2.55. The van der Waals surface area contributed by atoms with E-state index >= 15 is 0 Å². The summed E-state index contributed by atoms with van der Waals surface area (Å²) in [6, 6.07) is -0.641. The molecule has 0 aliphatic carbocycles. The van der Waals surface area contributed by atoms with Gasteiger partial charge in [-0.05, 0) is 25.7 Å². The van der Waals surface area contributed by atoms with Crippen molar-refractivity contribution in [3.05, 3.63) is 25.3 Å². The van der Waals surface area contributed by atoms with Crippen molar-refractivity contribution >= 4 is 45.5 Å². The number of alkyl halides is 1. The van der Waals surface area contributed by atoms with E-state index in [2.05, 4.69) is 36.0 Å². The van der Waals surface area contributed by atoms with Gasteiger partial charge in [0.2, 0.25) is 11.8 Å². The molecule has 1 N–H and O–H groups in total. The van der Waals surface area contributed by atoms with Crippen molar-refractivity contribution in [3.8, 4) is 0 Å². The number of aliphatic hydroxyl groups excluding tert-OH is 1. The number of hydrogen-bond acceptors (Lipinski definition) is 6. The number of nitrogens with zero attached hydrogens (tertiary/aromatic N) is 2. The highest BCUT2D eigenvalue weighted by Gasteiger charge is 2.76. The Morgan fingerprint density at radius 2 is 2.06 bits per heavy atom. The molecule has 9 heteroatoms. The number of thioether (sulfide) groups is 1. The average Bonchev–Trinajstić information content (AvgIpc) is 3.40. The first-order valence-corrected chi connectivity index (χ1v) is 14.1. The van der Waals surface area contributed by atoms with Crippen molar-refractivity contribution in [3.63, 3.8) is 0 Å². The predicted octanol–water partition coefficient (Wildman–Crippen LogP) is 3.16. The summed E-state index contributed by atoms with van der Waals surface area (Å²) in [6.07, 6.45) is 8.02. The van der Waals surface area contributed by atoms with Gasteiger partial charge in [-0.3, -0.25) is 14.4 Å². The summed E-state index contributed by atoms with van der Waals surface area (Å²) in [4.78, 5) is 44.5. The standard InChI is InChI=1S/C25H37BrN2O5S/c1-4-7-8-12-27(11-5-2)23(31)21-25-16-17(26)20(34-25)18(24(32)33-15-6-3)19(25)22(30)28(21)13-9-10-14-29/h5-6,17-21,29H,2-4,7-16H2,1H3/t17?,18-,19-,20-,21?,25?/m0/s1. The van der Waals surface area contributed by atoms with Gasteiger partial charge in [0.05, 0.1) is 16.6 Å². The summed E-state index contributed by atoms with van der Waals surface area (Å²) < 4.78 is 4.73. The van der Waals surface area contributed by atoms with Crippen molar-refractivity contribution in [1.82, 2.24) is 9.80 Å². The first-order chi connectivity index (χ1) is 16.4. The zero-order valence-corrected chi connectivity index (χ0v) is 22.4. The Bertz CT molecular complexity index is 795. The lowest BCUT2D eigenvalue weighted by molar-refractivity contribution is -0.153. The molecule has 2 bridgehead atoms. The molecule has 0 aromatic carbocycles. The highest BCUT2D eigenvalue weighted by atomic mass is 79.9. The number of carbonyl (C=O) groups is 3. The number of rotatable bonds is 14. The Labute approximate surface area is 215 Å². The normalized spacial score (nSPS) is 31.4. The summed E-state index contributed by atoms with van der Waals surface area (Å²) in [5.41, 5.74) is 0. The fraction of sp³-hybridized carbons (Fsp3) is 0.720. The van der Waals surface area contributed by atoms with E-state index in [-0.39, 0.29) is 35.1 Å². The van der Waals surface area contributed by atoms with Gasteiger partial charge in [0.1, 0.15) is 12.6 Å². The molecule has 2 amide bonds. The summed E-state index contributed by atoms with van der Waals surface area (Å²) >= 11 is 5.37. The second-order valence-electron chi connectivity index (χ2n) is 9.32. The molecule has 0 saturated carbocycles. The van der Waals surface area contributed by atoms with Crippen LogP contribution in [0.2, 0.25) is 0 Å². The highest BCUT2D eigenvalue weighted by Crippen LogP contribution is 2.68. The molecule has 34 heavy (non-hydrogen) atoms. The zero-order chi connectivity index (χ0) is 24.9. The largest absolute Gasteiger partial charge is 0.461 e. The van der Waals surface area contributed by atoms with Crippen LogP contribution in [0.4, 0.5) is 0 Å². The Morgan fingerprint density at radius 1 is 1.29 bits per heavy atom. The number of aliphatic hydroxyl groups is 1. The molecule has 3 saturated heterocycles. The van der Waals surface area contributed by atoms with Gasteiger partial charge < -0.3 is 19.6 Å². The summed E-state index contributed by atoms with van der Waals surface area (Å²) in [5, 5.41) is 9.17. The molecule has 6 atom stereocenters. The Hall–Kier alpha value is -1.32. The van der Waals surface area contributed by atoms with Gasteiger partial charge in [0.25, 0.3) is 0 Å². The quantitative estimate of drug-likeness (QED) is 0.153. The van der Waals surface area contributed by atoms with Crippen LogP contribution in [0.5, 0.6) is 0 Å². The number of hydrogen-bond donors (Lipinski definition) is 1. The van der Waals surface area contributed by atoms with Gasteiger partial charge in [-0.15, -0.1) is 18.3 Å². The van der Waals surface area contributed by atoms with Gasteiger partial charge in [0, 0.05) is 36.3 Å². The van der Waals surface area contributed by atoms with Gasteiger partial charge in [-0.1, -0.05) is 54.4 Å². The van der Waals surface area contributed by atoms with Crippen LogP contribution in [0.25, 0.3) is 0 Å². The monoisotopic (exact) mass is 556 g/mol. The Kier molecular flexibility index (Phi) is 9.69. The number of ether oxygens (including phenoxy) is 1. The highest BCUT2D eigenvalue weighted by molar-refractivity contribution is 9.09. The van der Waals surface area contributed by atoms with Crippen molar-refractivity contribution in [2.75, 3.05) is 32.8 Å². The molecule has 3 fully saturated rings. The fourth-order valence-electron chi connectivity index (χ4n) is 5.72. The molecule has 3 rings (SSSR count). The third kappa shape index (κ3) is 4.98. The molecular weight excluding hydrogens is 520 g/mol. The van der Waals surface area contributed by atoms with Gasteiger partial charge >= 0.3 is 5.97 Å². The van der Waals surface area contributed by atoms with E-state index in [1.54, 1.807) is 22.7 Å². The van der Waals surface area contributed by atoms with Gasteiger partial charge in [-0.25, -0.2) is 0 Å². The number of halogens is 1. The van der Waals surface area contributed by atoms with Crippen LogP contribution in [-0.4, -0.2) is 86.4 Å². The molecule has 3 unspecified atom stereocenters. The Balaban J connectivity index is 1.97. The summed E-state index contributed by atoms with van der Waals surface area (Å²) in [6.45, 7) is 11.1. The van der Waals surface area contributed by atoms with Crippen LogP contribution in [0, 0.1) is 11.8 Å². The topological polar surface area (TPSA) is 87.1 Å². The smallest absolute Gasteiger partial charge is 0.311 e. The van der Waals surface area contributed by atoms with Crippen LogP contribution in [0.15, 0.2) is 25.3 Å². The van der Waals surface area contributed by atoms with E-state index in [0.29, 0.717) is 38.9 Å². The Morgan fingerprint density at radius 3 is 2.71 bits per heavy atom. The SMILES string of the molecule is C=CCOC(=O)[C@H]1[C@H]2C(=O)N(CCCCO)C(C(=O)N(CC=C)CCCCC)C23CC(Br)[C@@H]1S3. The molecule has 3 aliphatic rings. The number of unbranched alkanes of at least 4 members (excludes halogenated alkanes) is 3. The molecule has 3 heterocycles. The number of amides is 2. The first-order valence-electron chi connectivity index (χ1n) is 12.3. The third-order valence-electron chi connectivity index (χ3n) is 7.14. The second kappa shape index (κ2) is 12.1. The molecule has 0 aromatic heterocycles. The molecule has 7 nitrogen and oxygen atoms in total. The fourth-order valence-corrected chi connectivity index (χ4v) is 9.32. The molecule has 1 spiro atoms. The van der Waals surface area contributed by atoms with Crippen molar-refractivity contribution in [1.29, 1.82) is 0 Å². The lowest BCUT2D eigenvalue weighted by Gasteiger charge is -2.38. The molecule has 190 valence electrons. The molecule has 3 aliphatic heterocycles. The number of fused-ring (bicyclic) bond motifs is 1. The number of carbonyl (C=O) groups excluding carboxylic acids is 3. The third-order valence-corrected chi connectivity index (χ3v) is 10.4. The van der Waals surface area contributed by atoms with E-state index in [4.69, 9.17) is 4.74 Å². The minimum Gasteiger partial charge on any atom is -0.461 e. The summed E-state index contributed by atoms with van der Waals surface area (Å²) in [5.74, 6) is -1.78. The van der Waals surface area contributed by atoms with E-state index in [1.807, 2.05) is 4.90 Å². The average molecular weight is 558 g/mol. The number of esters is 1. The van der Waals surface area contributed by atoms with E-state index in [0.717, 1.165) is 19.3 Å². The van der Waals surface area contributed by atoms with E-state index in [1.165, 1.54) is 6.08 Å². The predicted molar refractivity (Wildman–Crippen MR) is 138 cm³/mol. The first kappa shape index (κ1) is 27.3. The second-order valence-corrected chi connectivity index (χ2v) is 12.0. The number of likely N-dealkylation sites (tertiary alicyclic amines) is 1. The molecular formula is C25H37BrN2O5S. The maximum absolute atomic E-state index is 14.1. The van der Waals surface area contributed by atoms with E-state index < -0.39 is 28.6 Å². The van der Waals surface area contributed by atoms with Crippen molar-refractivity contribution < 1.29 is 24.2 Å². The minimum atomic E-state index is -0.672. The lowest BCUT2D eigenvalue weighted by atomic mass is 9.71. The zero-order valence-electron chi connectivity index (χ0n) is 20.0. The maximum atomic E-state index is 14.1. The maximum Gasteiger partial charge on any atom is 0.311 e. The van der Waals surface area contributed by atoms with Crippen LogP contribution >= 0.6 is 27.7 Å². The van der Waals surface area contributed by atoms with Gasteiger partial charge in [0.15, 0.2) is 0 Å². The van der Waals surface area contributed by atoms with Gasteiger partial charge in [-0.2, -0.15) is 0 Å². The van der Waals surface area contributed by atoms with Crippen molar-refractivity contribution in [2.24, 2.45) is 11.8 Å². The minimum absolute atomic E-state index is 0.0171. The van der Waals surface area contributed by atoms with E-state index in [9.17, 15) is 19.5 Å². The molecule has 0 radical (unpaired) electrons. The summed E-state index contributed by atoms with van der Waals surface area (Å²) in [7, 11) is 0. The molecule has 0 aromatic rings.